The minimum atomic E-state index is 0.301. The van der Waals surface area contributed by atoms with Crippen molar-refractivity contribution in [2.45, 2.75) is 25.9 Å². The summed E-state index contributed by atoms with van der Waals surface area (Å²) >= 11 is 0. The van der Waals surface area contributed by atoms with E-state index < -0.39 is 0 Å². The number of aryl methyl sites for hydroxylation is 1. The van der Waals surface area contributed by atoms with Crippen LogP contribution in [0.2, 0.25) is 0 Å². The van der Waals surface area contributed by atoms with Crippen LogP contribution < -0.4 is 5.73 Å². The molecule has 5 nitrogen and oxygen atoms in total. The van der Waals surface area contributed by atoms with Crippen LogP contribution in [0, 0.1) is 6.92 Å². The number of hydrogen-bond donors (Lipinski definition) is 1. The van der Waals surface area contributed by atoms with Gasteiger partial charge >= 0.3 is 0 Å². The lowest BCUT2D eigenvalue weighted by molar-refractivity contribution is 0.0739. The number of likely N-dealkylation sites (N-methyl/N-ethyl adjacent to an activating group) is 1. The SMILES string of the molecule is Cc1c(C(CN)N2CCN(C)C(C)C2)cnn1C. The van der Waals surface area contributed by atoms with Gasteiger partial charge in [0.25, 0.3) is 0 Å². The fourth-order valence-corrected chi connectivity index (χ4v) is 2.68. The molecule has 1 aromatic heterocycles. The number of hydrogen-bond acceptors (Lipinski definition) is 4. The lowest BCUT2D eigenvalue weighted by Crippen LogP contribution is -2.52. The van der Waals surface area contributed by atoms with Gasteiger partial charge in [-0.15, -0.1) is 0 Å². The van der Waals surface area contributed by atoms with Crippen LogP contribution in [-0.4, -0.2) is 58.8 Å². The molecule has 2 rings (SSSR count). The van der Waals surface area contributed by atoms with Crippen LogP contribution >= 0.6 is 0 Å². The van der Waals surface area contributed by atoms with E-state index in [4.69, 9.17) is 5.73 Å². The van der Waals surface area contributed by atoms with Gasteiger partial charge in [0.15, 0.2) is 0 Å². The van der Waals surface area contributed by atoms with Crippen molar-refractivity contribution >= 4 is 0 Å². The molecule has 1 saturated heterocycles. The van der Waals surface area contributed by atoms with Gasteiger partial charge in [0, 0.05) is 50.5 Å². The van der Waals surface area contributed by atoms with E-state index in [-0.39, 0.29) is 0 Å². The number of nitrogens with zero attached hydrogens (tertiary/aromatic N) is 4. The molecule has 0 aliphatic carbocycles. The van der Waals surface area contributed by atoms with Crippen molar-refractivity contribution in [2.24, 2.45) is 12.8 Å². The molecule has 0 saturated carbocycles. The van der Waals surface area contributed by atoms with Crippen molar-refractivity contribution in [1.29, 1.82) is 0 Å². The summed E-state index contributed by atoms with van der Waals surface area (Å²) in [5.41, 5.74) is 8.50. The topological polar surface area (TPSA) is 50.3 Å². The third kappa shape index (κ3) is 2.43. The van der Waals surface area contributed by atoms with E-state index >= 15 is 0 Å². The normalized spacial score (nSPS) is 24.4. The molecule has 2 unspecified atom stereocenters. The van der Waals surface area contributed by atoms with Crippen molar-refractivity contribution in [3.63, 3.8) is 0 Å². The summed E-state index contributed by atoms with van der Waals surface area (Å²) < 4.78 is 1.93. The minimum Gasteiger partial charge on any atom is -0.329 e. The van der Waals surface area contributed by atoms with Gasteiger partial charge in [0.1, 0.15) is 0 Å². The first-order chi connectivity index (χ1) is 8.54. The summed E-state index contributed by atoms with van der Waals surface area (Å²) in [6.07, 6.45) is 1.97. The Morgan fingerprint density at radius 1 is 1.44 bits per heavy atom. The van der Waals surface area contributed by atoms with Gasteiger partial charge in [0.2, 0.25) is 0 Å². The molecule has 2 atom stereocenters. The van der Waals surface area contributed by atoms with Gasteiger partial charge < -0.3 is 10.6 Å². The second-order valence-electron chi connectivity index (χ2n) is 5.38. The maximum absolute atomic E-state index is 6.00. The molecular weight excluding hydrogens is 226 g/mol. The zero-order valence-electron chi connectivity index (χ0n) is 11.9. The molecule has 2 N–H and O–H groups in total. The highest BCUT2D eigenvalue weighted by Gasteiger charge is 2.28. The summed E-state index contributed by atoms with van der Waals surface area (Å²) in [4.78, 5) is 4.90. The van der Waals surface area contributed by atoms with E-state index in [0.717, 1.165) is 19.6 Å². The summed E-state index contributed by atoms with van der Waals surface area (Å²) in [5.74, 6) is 0. The van der Waals surface area contributed by atoms with E-state index in [1.165, 1.54) is 11.3 Å². The smallest absolute Gasteiger partial charge is 0.0540 e. The summed E-state index contributed by atoms with van der Waals surface area (Å²) in [7, 11) is 4.17. The fourth-order valence-electron chi connectivity index (χ4n) is 2.68. The molecular formula is C13H25N5. The van der Waals surface area contributed by atoms with Gasteiger partial charge in [-0.2, -0.15) is 5.10 Å². The summed E-state index contributed by atoms with van der Waals surface area (Å²) in [6, 6.07) is 0.889. The van der Waals surface area contributed by atoms with E-state index in [0.29, 0.717) is 18.6 Å². The average Bonchev–Trinajstić information content (AvgIpc) is 2.67. The maximum Gasteiger partial charge on any atom is 0.0540 e. The van der Waals surface area contributed by atoms with Gasteiger partial charge in [-0.05, 0) is 20.9 Å². The first-order valence-corrected chi connectivity index (χ1v) is 6.67. The highest BCUT2D eigenvalue weighted by molar-refractivity contribution is 5.21. The maximum atomic E-state index is 6.00. The largest absolute Gasteiger partial charge is 0.329 e. The number of piperazine rings is 1. The standard InChI is InChI=1S/C13H25N5/c1-10-9-18(6-5-16(10)3)13(7-14)12-8-15-17(4)11(12)2/h8,10,13H,5-7,9,14H2,1-4H3. The van der Waals surface area contributed by atoms with Crippen LogP contribution in [0.15, 0.2) is 6.20 Å². The summed E-state index contributed by atoms with van der Waals surface area (Å²) in [5, 5.41) is 4.34. The van der Waals surface area contributed by atoms with Gasteiger partial charge in [-0.25, -0.2) is 0 Å². The highest BCUT2D eigenvalue weighted by atomic mass is 15.3. The Bertz CT molecular complexity index is 400. The Morgan fingerprint density at radius 3 is 2.67 bits per heavy atom. The Labute approximate surface area is 110 Å². The number of rotatable bonds is 3. The minimum absolute atomic E-state index is 0.301. The first-order valence-electron chi connectivity index (χ1n) is 6.67. The predicted octanol–water partition coefficient (Wildman–Crippen LogP) is 0.364. The van der Waals surface area contributed by atoms with E-state index in [2.05, 4.69) is 35.8 Å². The highest BCUT2D eigenvalue weighted by Crippen LogP contribution is 2.24. The third-order valence-electron chi connectivity index (χ3n) is 4.29. The third-order valence-corrected chi connectivity index (χ3v) is 4.29. The van der Waals surface area contributed by atoms with Crippen molar-refractivity contribution in [2.75, 3.05) is 33.2 Å². The Balaban J connectivity index is 2.16. The molecule has 1 aromatic rings. The van der Waals surface area contributed by atoms with Gasteiger partial charge in [0.05, 0.1) is 12.2 Å². The lowest BCUT2D eigenvalue weighted by Gasteiger charge is -2.41. The molecule has 1 aliphatic heterocycles. The second kappa shape index (κ2) is 5.38. The van der Waals surface area contributed by atoms with Crippen molar-refractivity contribution in [3.05, 3.63) is 17.5 Å². The van der Waals surface area contributed by atoms with Crippen molar-refractivity contribution in [3.8, 4) is 0 Å². The average molecular weight is 251 g/mol. The molecule has 0 amide bonds. The molecule has 2 heterocycles. The monoisotopic (exact) mass is 251 g/mol. The molecule has 0 spiro atoms. The van der Waals surface area contributed by atoms with Crippen LogP contribution in [0.3, 0.4) is 0 Å². The molecule has 102 valence electrons. The quantitative estimate of drug-likeness (QED) is 0.843. The summed E-state index contributed by atoms with van der Waals surface area (Å²) in [6.45, 7) is 8.31. The first kappa shape index (κ1) is 13.5. The number of nitrogens with two attached hydrogens (primary N) is 1. The molecule has 0 bridgehead atoms. The number of aromatic nitrogens is 2. The van der Waals surface area contributed by atoms with Crippen LogP contribution in [0.5, 0.6) is 0 Å². The van der Waals surface area contributed by atoms with Crippen molar-refractivity contribution in [1.82, 2.24) is 19.6 Å². The molecule has 0 radical (unpaired) electrons. The second-order valence-corrected chi connectivity index (χ2v) is 5.38. The molecule has 5 heteroatoms. The molecule has 18 heavy (non-hydrogen) atoms. The Hall–Kier alpha value is -0.910. The molecule has 1 fully saturated rings. The zero-order chi connectivity index (χ0) is 13.3. The van der Waals surface area contributed by atoms with Crippen molar-refractivity contribution < 1.29 is 0 Å². The fraction of sp³-hybridized carbons (Fsp3) is 0.769. The van der Waals surface area contributed by atoms with Crippen LogP contribution in [0.4, 0.5) is 0 Å². The van der Waals surface area contributed by atoms with E-state index in [1.807, 2.05) is 17.9 Å². The molecule has 1 aliphatic rings. The Morgan fingerprint density at radius 2 is 2.17 bits per heavy atom. The molecule has 0 aromatic carbocycles. The van der Waals surface area contributed by atoms with Gasteiger partial charge in [-0.3, -0.25) is 9.58 Å². The van der Waals surface area contributed by atoms with Crippen LogP contribution in [0.25, 0.3) is 0 Å². The van der Waals surface area contributed by atoms with Crippen LogP contribution in [-0.2, 0) is 7.05 Å². The predicted molar refractivity (Wildman–Crippen MR) is 73.4 cm³/mol. The van der Waals surface area contributed by atoms with Crippen LogP contribution in [0.1, 0.15) is 24.2 Å². The zero-order valence-corrected chi connectivity index (χ0v) is 11.9. The van der Waals surface area contributed by atoms with E-state index in [9.17, 15) is 0 Å². The Kier molecular flexibility index (Phi) is 4.04. The van der Waals surface area contributed by atoms with E-state index in [1.54, 1.807) is 0 Å². The lowest BCUT2D eigenvalue weighted by atomic mass is 10.0. The van der Waals surface area contributed by atoms with Gasteiger partial charge in [-0.1, -0.05) is 0 Å².